The lowest BCUT2D eigenvalue weighted by Gasteiger charge is -2.11. The number of rotatable bonds is 6. The highest BCUT2D eigenvalue weighted by atomic mass is 16.5. The third kappa shape index (κ3) is 3.85. The normalized spacial score (nSPS) is 10.2. The average Bonchev–Trinajstić information content (AvgIpc) is 2.61. The summed E-state index contributed by atoms with van der Waals surface area (Å²) >= 11 is 0. The van der Waals surface area contributed by atoms with Crippen molar-refractivity contribution in [2.24, 2.45) is 0 Å². The van der Waals surface area contributed by atoms with E-state index in [0.717, 1.165) is 11.1 Å². The Morgan fingerprint density at radius 1 is 0.636 bits per heavy atom. The predicted molar refractivity (Wildman–Crippen MR) is 85.8 cm³/mol. The molecule has 3 aromatic rings. The summed E-state index contributed by atoms with van der Waals surface area (Å²) < 4.78 is 11.6. The number of hydrogen-bond acceptors (Lipinski definition) is 3. The lowest BCUT2D eigenvalue weighted by molar-refractivity contribution is 0.247. The number of hydrogen-bond donors (Lipinski definition) is 0. The second-order valence-corrected chi connectivity index (χ2v) is 4.86. The molecule has 0 bridgehead atoms. The van der Waals surface area contributed by atoms with Crippen molar-refractivity contribution in [2.75, 3.05) is 0 Å². The highest BCUT2D eigenvalue weighted by Gasteiger charge is 2.06. The first-order valence-electron chi connectivity index (χ1n) is 7.20. The summed E-state index contributed by atoms with van der Waals surface area (Å²) in [5.41, 5.74) is 2.21. The zero-order valence-corrected chi connectivity index (χ0v) is 12.2. The summed E-state index contributed by atoms with van der Waals surface area (Å²) in [6.45, 7) is 0.966. The van der Waals surface area contributed by atoms with Crippen LogP contribution in [-0.4, -0.2) is 4.98 Å². The van der Waals surface area contributed by atoms with Crippen LogP contribution < -0.4 is 9.47 Å². The highest BCUT2D eigenvalue weighted by molar-refractivity contribution is 5.33. The van der Waals surface area contributed by atoms with Gasteiger partial charge >= 0.3 is 0 Å². The standard InChI is InChI=1S/C19H17NO2/c1-3-8-16(9-4-1)14-21-18-12-7-13-20-19(18)22-15-17-10-5-2-6-11-17/h1-13H,14-15H2. The molecule has 0 amide bonds. The first-order valence-corrected chi connectivity index (χ1v) is 7.20. The zero-order chi connectivity index (χ0) is 15.0. The predicted octanol–water partition coefficient (Wildman–Crippen LogP) is 4.24. The van der Waals surface area contributed by atoms with Crippen LogP contribution >= 0.6 is 0 Å². The van der Waals surface area contributed by atoms with Crippen LogP contribution in [0.2, 0.25) is 0 Å². The lowest BCUT2D eigenvalue weighted by Crippen LogP contribution is -2.01. The Balaban J connectivity index is 1.65. The molecule has 3 rings (SSSR count). The number of pyridine rings is 1. The molecule has 0 N–H and O–H groups in total. The number of aromatic nitrogens is 1. The van der Waals surface area contributed by atoms with Gasteiger partial charge in [-0.15, -0.1) is 0 Å². The Labute approximate surface area is 130 Å². The largest absolute Gasteiger partial charge is 0.483 e. The Hall–Kier alpha value is -2.81. The van der Waals surface area contributed by atoms with Crippen LogP contribution in [0.4, 0.5) is 0 Å². The number of benzene rings is 2. The van der Waals surface area contributed by atoms with Crippen molar-refractivity contribution in [1.82, 2.24) is 4.98 Å². The Bertz CT molecular complexity index is 636. The van der Waals surface area contributed by atoms with E-state index < -0.39 is 0 Å². The monoisotopic (exact) mass is 291 g/mol. The van der Waals surface area contributed by atoms with Crippen LogP contribution in [0.15, 0.2) is 79.0 Å². The van der Waals surface area contributed by atoms with E-state index in [1.54, 1.807) is 6.20 Å². The molecule has 0 aliphatic carbocycles. The zero-order valence-electron chi connectivity index (χ0n) is 12.2. The van der Waals surface area contributed by atoms with Crippen molar-refractivity contribution in [1.29, 1.82) is 0 Å². The Kier molecular flexibility index (Phi) is 4.67. The van der Waals surface area contributed by atoms with Crippen LogP contribution in [0.25, 0.3) is 0 Å². The molecule has 1 aromatic heterocycles. The molecule has 0 unspecified atom stereocenters. The minimum atomic E-state index is 0.472. The summed E-state index contributed by atoms with van der Waals surface area (Å²) in [4.78, 5) is 4.26. The second kappa shape index (κ2) is 7.27. The van der Waals surface area contributed by atoms with E-state index in [2.05, 4.69) is 4.98 Å². The minimum absolute atomic E-state index is 0.472. The van der Waals surface area contributed by atoms with Gasteiger partial charge in [0.05, 0.1) is 0 Å². The fraction of sp³-hybridized carbons (Fsp3) is 0.105. The Morgan fingerprint density at radius 3 is 1.86 bits per heavy atom. The molecule has 1 heterocycles. The molecule has 0 aliphatic heterocycles. The molecule has 2 aromatic carbocycles. The van der Waals surface area contributed by atoms with Gasteiger partial charge in [0.1, 0.15) is 13.2 Å². The van der Waals surface area contributed by atoms with E-state index in [1.165, 1.54) is 0 Å². The first-order chi connectivity index (χ1) is 10.9. The average molecular weight is 291 g/mol. The van der Waals surface area contributed by atoms with Gasteiger partial charge in [0.15, 0.2) is 5.75 Å². The van der Waals surface area contributed by atoms with E-state index in [9.17, 15) is 0 Å². The second-order valence-electron chi connectivity index (χ2n) is 4.86. The summed E-state index contributed by atoms with van der Waals surface area (Å²) in [5, 5.41) is 0. The van der Waals surface area contributed by atoms with Gasteiger partial charge in [-0.25, -0.2) is 4.98 Å². The van der Waals surface area contributed by atoms with E-state index >= 15 is 0 Å². The van der Waals surface area contributed by atoms with Crippen LogP contribution in [-0.2, 0) is 13.2 Å². The van der Waals surface area contributed by atoms with Crippen molar-refractivity contribution in [3.63, 3.8) is 0 Å². The molecule has 0 aliphatic rings. The maximum Gasteiger partial charge on any atom is 0.257 e. The van der Waals surface area contributed by atoms with Crippen LogP contribution in [0.3, 0.4) is 0 Å². The van der Waals surface area contributed by atoms with Crippen molar-refractivity contribution in [3.05, 3.63) is 90.1 Å². The van der Waals surface area contributed by atoms with Crippen molar-refractivity contribution < 1.29 is 9.47 Å². The quantitative estimate of drug-likeness (QED) is 0.680. The number of ether oxygens (including phenoxy) is 2. The molecular weight excluding hydrogens is 274 g/mol. The lowest BCUT2D eigenvalue weighted by atomic mass is 10.2. The minimum Gasteiger partial charge on any atom is -0.483 e. The van der Waals surface area contributed by atoms with Gasteiger partial charge in [0, 0.05) is 6.20 Å². The summed E-state index contributed by atoms with van der Waals surface area (Å²) in [5.74, 6) is 1.17. The molecule has 110 valence electrons. The SMILES string of the molecule is c1ccc(COc2cccnc2OCc2ccccc2)cc1. The maximum absolute atomic E-state index is 5.82. The molecule has 0 spiro atoms. The molecular formula is C19H17NO2. The van der Waals surface area contributed by atoms with Gasteiger partial charge in [-0.05, 0) is 23.3 Å². The van der Waals surface area contributed by atoms with Gasteiger partial charge in [-0.3, -0.25) is 0 Å². The Morgan fingerprint density at radius 2 is 1.23 bits per heavy atom. The third-order valence-corrected chi connectivity index (χ3v) is 3.19. The molecule has 0 saturated heterocycles. The first kappa shape index (κ1) is 14.1. The van der Waals surface area contributed by atoms with E-state index in [1.807, 2.05) is 72.8 Å². The van der Waals surface area contributed by atoms with Gasteiger partial charge in [-0.2, -0.15) is 0 Å². The molecule has 0 fully saturated rings. The van der Waals surface area contributed by atoms with Gasteiger partial charge < -0.3 is 9.47 Å². The smallest absolute Gasteiger partial charge is 0.257 e. The van der Waals surface area contributed by atoms with Gasteiger partial charge in [0.25, 0.3) is 5.88 Å². The molecule has 0 saturated carbocycles. The maximum atomic E-state index is 5.82. The molecule has 0 atom stereocenters. The van der Waals surface area contributed by atoms with Crippen LogP contribution in [0.5, 0.6) is 11.6 Å². The molecule has 0 radical (unpaired) electrons. The molecule has 22 heavy (non-hydrogen) atoms. The summed E-state index contributed by atoms with van der Waals surface area (Å²) in [7, 11) is 0. The third-order valence-electron chi connectivity index (χ3n) is 3.19. The van der Waals surface area contributed by atoms with E-state index in [4.69, 9.17) is 9.47 Å². The molecule has 3 heteroatoms. The van der Waals surface area contributed by atoms with E-state index in [-0.39, 0.29) is 0 Å². The van der Waals surface area contributed by atoms with Crippen molar-refractivity contribution in [2.45, 2.75) is 13.2 Å². The van der Waals surface area contributed by atoms with Gasteiger partial charge in [-0.1, -0.05) is 60.7 Å². The summed E-state index contributed by atoms with van der Waals surface area (Å²) in [6, 6.07) is 23.8. The highest BCUT2D eigenvalue weighted by Crippen LogP contribution is 2.25. The van der Waals surface area contributed by atoms with Crippen LogP contribution in [0.1, 0.15) is 11.1 Å². The fourth-order valence-electron chi connectivity index (χ4n) is 2.06. The topological polar surface area (TPSA) is 31.4 Å². The summed E-state index contributed by atoms with van der Waals surface area (Å²) in [6.07, 6.45) is 1.70. The number of nitrogens with zero attached hydrogens (tertiary/aromatic N) is 1. The van der Waals surface area contributed by atoms with Crippen molar-refractivity contribution >= 4 is 0 Å². The van der Waals surface area contributed by atoms with Gasteiger partial charge in [0.2, 0.25) is 0 Å². The van der Waals surface area contributed by atoms with Crippen LogP contribution in [0, 0.1) is 0 Å². The van der Waals surface area contributed by atoms with E-state index in [0.29, 0.717) is 24.8 Å². The molecule has 3 nitrogen and oxygen atoms in total. The fourth-order valence-corrected chi connectivity index (χ4v) is 2.06. The van der Waals surface area contributed by atoms with Crippen molar-refractivity contribution in [3.8, 4) is 11.6 Å².